The number of carbonyl (C=O) groups is 1. The molecule has 0 amide bonds. The fourth-order valence-electron chi connectivity index (χ4n) is 4.19. The van der Waals surface area contributed by atoms with Crippen LogP contribution >= 0.6 is 11.3 Å². The Kier molecular flexibility index (Phi) is 6.04. The molecule has 1 N–H and O–H groups in total. The van der Waals surface area contributed by atoms with Crippen LogP contribution in [0.15, 0.2) is 34.0 Å². The van der Waals surface area contributed by atoms with Crippen molar-refractivity contribution >= 4 is 37.5 Å². The number of aromatic nitrogens is 2. The SMILES string of the molecule is O=C(OCc1nc2sc3c(c2c(=O)[nH]1)CCCC3)c1ccc(S(=O)(=O)N2CCOCC2)cc1. The number of aryl methyl sites for hydroxylation is 2. The van der Waals surface area contributed by atoms with Crippen LogP contribution in [-0.2, 0) is 38.9 Å². The number of ether oxygens (including phenoxy) is 2. The van der Waals surface area contributed by atoms with Crippen LogP contribution < -0.4 is 5.56 Å². The minimum Gasteiger partial charge on any atom is -0.454 e. The molecule has 1 aromatic carbocycles. The van der Waals surface area contributed by atoms with Crippen molar-refractivity contribution in [2.24, 2.45) is 0 Å². The molecule has 2 aliphatic rings. The maximum Gasteiger partial charge on any atom is 0.338 e. The Bertz CT molecular complexity index is 1360. The van der Waals surface area contributed by atoms with Gasteiger partial charge in [-0.25, -0.2) is 18.2 Å². The smallest absolute Gasteiger partial charge is 0.338 e. The monoisotopic (exact) mass is 489 g/mol. The number of esters is 1. The number of hydrogen-bond donors (Lipinski definition) is 1. The molecule has 3 heterocycles. The highest BCUT2D eigenvalue weighted by Crippen LogP contribution is 2.33. The number of rotatable bonds is 5. The van der Waals surface area contributed by atoms with Crippen LogP contribution in [-0.4, -0.2) is 55.0 Å². The van der Waals surface area contributed by atoms with E-state index in [1.807, 2.05) is 0 Å². The van der Waals surface area contributed by atoms with Crippen molar-refractivity contribution in [1.82, 2.24) is 14.3 Å². The van der Waals surface area contributed by atoms with E-state index in [1.54, 1.807) is 0 Å². The zero-order chi connectivity index (χ0) is 23.0. The van der Waals surface area contributed by atoms with E-state index in [0.29, 0.717) is 36.5 Å². The fraction of sp³-hybridized carbons (Fsp3) is 0.409. The first-order valence-electron chi connectivity index (χ1n) is 10.8. The van der Waals surface area contributed by atoms with Crippen molar-refractivity contribution < 1.29 is 22.7 Å². The average molecular weight is 490 g/mol. The van der Waals surface area contributed by atoms with Crippen molar-refractivity contribution in [3.05, 3.63) is 56.4 Å². The van der Waals surface area contributed by atoms with E-state index in [9.17, 15) is 18.0 Å². The van der Waals surface area contributed by atoms with Gasteiger partial charge in [0.1, 0.15) is 17.3 Å². The Morgan fingerprint density at radius 2 is 1.88 bits per heavy atom. The molecule has 0 bridgehead atoms. The largest absolute Gasteiger partial charge is 0.454 e. The second-order valence-electron chi connectivity index (χ2n) is 8.02. The number of benzene rings is 1. The summed E-state index contributed by atoms with van der Waals surface area (Å²) in [6, 6.07) is 5.62. The molecule has 0 unspecified atom stereocenters. The minimum absolute atomic E-state index is 0.110. The van der Waals surface area contributed by atoms with E-state index in [-0.39, 0.29) is 28.4 Å². The molecular formula is C22H23N3O6S2. The number of carbonyl (C=O) groups excluding carboxylic acids is 1. The molecule has 0 atom stereocenters. The minimum atomic E-state index is -3.63. The van der Waals surface area contributed by atoms with Crippen LogP contribution in [0.5, 0.6) is 0 Å². The molecule has 0 saturated carbocycles. The molecule has 1 aliphatic heterocycles. The lowest BCUT2D eigenvalue weighted by Gasteiger charge is -2.26. The van der Waals surface area contributed by atoms with Crippen LogP contribution in [0.3, 0.4) is 0 Å². The molecule has 3 aromatic rings. The quantitative estimate of drug-likeness (QED) is 0.546. The molecule has 174 valence electrons. The Hall–Kier alpha value is -2.60. The van der Waals surface area contributed by atoms with Gasteiger partial charge in [0.25, 0.3) is 5.56 Å². The number of hydrogen-bond acceptors (Lipinski definition) is 8. The number of H-pyrrole nitrogens is 1. The second kappa shape index (κ2) is 8.98. The molecule has 11 heteroatoms. The number of nitrogens with zero attached hydrogens (tertiary/aromatic N) is 2. The highest BCUT2D eigenvalue weighted by molar-refractivity contribution is 7.89. The predicted molar refractivity (Wildman–Crippen MR) is 122 cm³/mol. The number of thiophene rings is 1. The van der Waals surface area contributed by atoms with E-state index in [0.717, 1.165) is 31.2 Å². The first-order valence-corrected chi connectivity index (χ1v) is 13.1. The van der Waals surface area contributed by atoms with Gasteiger partial charge in [-0.15, -0.1) is 11.3 Å². The van der Waals surface area contributed by atoms with Crippen LogP contribution in [0, 0.1) is 0 Å². The Morgan fingerprint density at radius 3 is 2.64 bits per heavy atom. The van der Waals surface area contributed by atoms with Crippen LogP contribution in [0.4, 0.5) is 0 Å². The highest BCUT2D eigenvalue weighted by Gasteiger charge is 2.26. The zero-order valence-corrected chi connectivity index (χ0v) is 19.5. The average Bonchev–Trinajstić information content (AvgIpc) is 3.22. The molecule has 0 spiro atoms. The molecule has 5 rings (SSSR count). The molecule has 1 saturated heterocycles. The number of morpholine rings is 1. The number of fused-ring (bicyclic) bond motifs is 3. The fourth-order valence-corrected chi connectivity index (χ4v) is 6.88. The lowest BCUT2D eigenvalue weighted by molar-refractivity contribution is 0.0462. The summed E-state index contributed by atoms with van der Waals surface area (Å²) in [6.07, 6.45) is 4.06. The van der Waals surface area contributed by atoms with E-state index >= 15 is 0 Å². The van der Waals surface area contributed by atoms with E-state index < -0.39 is 16.0 Å². The molecule has 2 aromatic heterocycles. The van der Waals surface area contributed by atoms with Gasteiger partial charge in [0.15, 0.2) is 0 Å². The van der Waals surface area contributed by atoms with Crippen LogP contribution in [0.1, 0.15) is 39.5 Å². The molecule has 33 heavy (non-hydrogen) atoms. The van der Waals surface area contributed by atoms with Gasteiger partial charge in [0.2, 0.25) is 10.0 Å². The standard InChI is InChI=1S/C22H23N3O6S2/c26-20-19-16-3-1-2-4-17(16)32-21(19)24-18(23-20)13-31-22(27)14-5-7-15(8-6-14)33(28,29)25-9-11-30-12-10-25/h5-8H,1-4,9-13H2,(H,23,24,26). The normalized spacial score (nSPS) is 17.1. The van der Waals surface area contributed by atoms with Gasteiger partial charge in [0, 0.05) is 18.0 Å². The highest BCUT2D eigenvalue weighted by atomic mass is 32.2. The van der Waals surface area contributed by atoms with Gasteiger partial charge < -0.3 is 14.5 Å². The lowest BCUT2D eigenvalue weighted by atomic mass is 9.97. The first kappa shape index (κ1) is 22.2. The van der Waals surface area contributed by atoms with E-state index in [4.69, 9.17) is 9.47 Å². The zero-order valence-electron chi connectivity index (χ0n) is 17.8. The summed E-state index contributed by atoms with van der Waals surface area (Å²) < 4.78 is 37.3. The number of aromatic amines is 1. The third-order valence-electron chi connectivity index (χ3n) is 5.91. The molecular weight excluding hydrogens is 466 g/mol. The van der Waals surface area contributed by atoms with Gasteiger partial charge in [-0.05, 0) is 55.5 Å². The summed E-state index contributed by atoms with van der Waals surface area (Å²) in [7, 11) is -3.63. The first-order chi connectivity index (χ1) is 15.9. The van der Waals surface area contributed by atoms with Gasteiger partial charge >= 0.3 is 5.97 Å². The Balaban J connectivity index is 1.28. The number of sulfonamides is 1. The maximum atomic E-state index is 12.7. The van der Waals surface area contributed by atoms with Gasteiger partial charge in [-0.1, -0.05) is 0 Å². The topological polar surface area (TPSA) is 119 Å². The summed E-state index contributed by atoms with van der Waals surface area (Å²) in [5.74, 6) is -0.343. The molecule has 0 radical (unpaired) electrons. The summed E-state index contributed by atoms with van der Waals surface area (Å²) in [5.41, 5.74) is 1.11. The van der Waals surface area contributed by atoms with Crippen LogP contribution in [0.2, 0.25) is 0 Å². The summed E-state index contributed by atoms with van der Waals surface area (Å²) in [6.45, 7) is 1.14. The Labute approximate surface area is 194 Å². The third kappa shape index (κ3) is 4.33. The van der Waals surface area contributed by atoms with Gasteiger partial charge in [-0.2, -0.15) is 4.31 Å². The Morgan fingerprint density at radius 1 is 1.15 bits per heavy atom. The molecule has 9 nitrogen and oxygen atoms in total. The van der Waals surface area contributed by atoms with Crippen molar-refractivity contribution in [1.29, 1.82) is 0 Å². The van der Waals surface area contributed by atoms with Crippen molar-refractivity contribution in [2.45, 2.75) is 37.2 Å². The summed E-state index contributed by atoms with van der Waals surface area (Å²) >= 11 is 1.53. The van der Waals surface area contributed by atoms with E-state index in [2.05, 4.69) is 9.97 Å². The second-order valence-corrected chi connectivity index (χ2v) is 11.0. The maximum absolute atomic E-state index is 12.7. The van der Waals surface area contributed by atoms with Crippen LogP contribution in [0.25, 0.3) is 10.2 Å². The molecule has 1 aliphatic carbocycles. The summed E-state index contributed by atoms with van der Waals surface area (Å²) in [4.78, 5) is 34.3. The van der Waals surface area contributed by atoms with Crippen molar-refractivity contribution in [2.75, 3.05) is 26.3 Å². The predicted octanol–water partition coefficient (Wildman–Crippen LogP) is 2.24. The third-order valence-corrected chi connectivity index (χ3v) is 9.01. The van der Waals surface area contributed by atoms with Gasteiger partial charge in [-0.3, -0.25) is 4.79 Å². The summed E-state index contributed by atoms with van der Waals surface area (Å²) in [5, 5.41) is 0.654. The number of nitrogens with one attached hydrogen (secondary N) is 1. The van der Waals surface area contributed by atoms with Crippen molar-refractivity contribution in [3.63, 3.8) is 0 Å². The van der Waals surface area contributed by atoms with Crippen molar-refractivity contribution in [3.8, 4) is 0 Å². The molecule has 1 fully saturated rings. The lowest BCUT2D eigenvalue weighted by Crippen LogP contribution is -2.40. The van der Waals surface area contributed by atoms with E-state index in [1.165, 1.54) is 44.8 Å². The van der Waals surface area contributed by atoms with Gasteiger partial charge in [0.05, 0.1) is 29.1 Å².